The van der Waals surface area contributed by atoms with Crippen molar-refractivity contribution in [2.45, 2.75) is 70.3 Å². The van der Waals surface area contributed by atoms with Gasteiger partial charge in [-0.05, 0) is 42.7 Å². The molecule has 2 heterocycles. The van der Waals surface area contributed by atoms with Gasteiger partial charge in [0, 0.05) is 18.7 Å². The molecule has 1 saturated carbocycles. The Bertz CT molecular complexity index is 1250. The molecule has 4 rings (SSSR count). The smallest absolute Gasteiger partial charge is 0.423 e. The topological polar surface area (TPSA) is 91.4 Å². The van der Waals surface area contributed by atoms with Crippen LogP contribution in [-0.2, 0) is 4.79 Å². The third-order valence-corrected chi connectivity index (χ3v) is 6.84. The molecule has 7 nitrogen and oxygen atoms in total. The SMILES string of the molecule is COc1ccnc2c(=O)n(C(C)C(=O)CC(C)c3ccc(C4CCCCC4)cc3)c(=O)oc12. The molecular weight excluding hydrogens is 420 g/mol. The molecule has 0 amide bonds. The quantitative estimate of drug-likeness (QED) is 0.517. The summed E-state index contributed by atoms with van der Waals surface area (Å²) in [6.07, 6.45) is 8.01. The molecule has 1 aliphatic rings. The Balaban J connectivity index is 1.52. The van der Waals surface area contributed by atoms with Crippen LogP contribution in [0.4, 0.5) is 0 Å². The van der Waals surface area contributed by atoms with Crippen molar-refractivity contribution in [1.82, 2.24) is 9.55 Å². The summed E-state index contributed by atoms with van der Waals surface area (Å²) in [6.45, 7) is 3.53. The summed E-state index contributed by atoms with van der Waals surface area (Å²) in [5.74, 6) is -0.275. The lowest BCUT2D eigenvalue weighted by molar-refractivity contribution is -0.122. The predicted molar refractivity (Wildman–Crippen MR) is 126 cm³/mol. The monoisotopic (exact) mass is 450 g/mol. The number of hydrogen-bond acceptors (Lipinski definition) is 6. The van der Waals surface area contributed by atoms with Gasteiger partial charge in [-0.1, -0.05) is 50.5 Å². The zero-order valence-electron chi connectivity index (χ0n) is 19.4. The number of ketones is 1. The van der Waals surface area contributed by atoms with Gasteiger partial charge in [0.05, 0.1) is 13.2 Å². The molecule has 174 valence electrons. The van der Waals surface area contributed by atoms with E-state index in [1.807, 2.05) is 6.92 Å². The summed E-state index contributed by atoms with van der Waals surface area (Å²) in [5, 5.41) is 0. The van der Waals surface area contributed by atoms with E-state index in [1.165, 1.54) is 57.0 Å². The fourth-order valence-corrected chi connectivity index (χ4v) is 4.78. The highest BCUT2D eigenvalue weighted by atomic mass is 16.5. The number of hydrogen-bond donors (Lipinski definition) is 0. The number of methoxy groups -OCH3 is 1. The van der Waals surface area contributed by atoms with Crippen LogP contribution >= 0.6 is 0 Å². The Morgan fingerprint density at radius 2 is 1.82 bits per heavy atom. The number of Topliss-reactive ketones (excluding diaryl/α,β-unsaturated/α-hetero) is 1. The first-order valence-corrected chi connectivity index (χ1v) is 11.6. The van der Waals surface area contributed by atoms with Crippen molar-refractivity contribution < 1.29 is 13.9 Å². The lowest BCUT2D eigenvalue weighted by Crippen LogP contribution is -2.38. The molecule has 7 heteroatoms. The molecule has 1 aromatic carbocycles. The maximum Gasteiger partial charge on any atom is 0.423 e. The van der Waals surface area contributed by atoms with Crippen LogP contribution in [0.15, 0.2) is 50.5 Å². The predicted octanol–water partition coefficient (Wildman–Crippen LogP) is 4.73. The van der Waals surface area contributed by atoms with Gasteiger partial charge < -0.3 is 9.15 Å². The van der Waals surface area contributed by atoms with E-state index in [1.54, 1.807) is 6.92 Å². The third-order valence-electron chi connectivity index (χ3n) is 6.84. The lowest BCUT2D eigenvalue weighted by atomic mass is 9.83. The molecule has 1 aliphatic carbocycles. The van der Waals surface area contributed by atoms with Gasteiger partial charge in [0.15, 0.2) is 17.0 Å². The Morgan fingerprint density at radius 3 is 2.48 bits per heavy atom. The number of ether oxygens (including phenoxy) is 1. The van der Waals surface area contributed by atoms with Crippen LogP contribution in [0.3, 0.4) is 0 Å². The summed E-state index contributed by atoms with van der Waals surface area (Å²) in [4.78, 5) is 42.6. The first-order chi connectivity index (χ1) is 15.9. The second kappa shape index (κ2) is 9.73. The van der Waals surface area contributed by atoms with Crippen LogP contribution in [0.5, 0.6) is 5.75 Å². The highest BCUT2D eigenvalue weighted by Crippen LogP contribution is 2.33. The Labute approximate surface area is 192 Å². The van der Waals surface area contributed by atoms with Crippen molar-refractivity contribution in [2.75, 3.05) is 7.11 Å². The van der Waals surface area contributed by atoms with Gasteiger partial charge >= 0.3 is 5.76 Å². The molecule has 2 aromatic heterocycles. The van der Waals surface area contributed by atoms with Crippen LogP contribution in [0, 0.1) is 0 Å². The number of aromatic nitrogens is 2. The summed E-state index contributed by atoms with van der Waals surface area (Å²) in [6, 6.07) is 9.09. The Morgan fingerprint density at radius 1 is 1.12 bits per heavy atom. The highest BCUT2D eigenvalue weighted by Gasteiger charge is 2.25. The van der Waals surface area contributed by atoms with Gasteiger partial charge in [0.25, 0.3) is 5.56 Å². The third kappa shape index (κ3) is 4.63. The van der Waals surface area contributed by atoms with Gasteiger partial charge in [-0.2, -0.15) is 0 Å². The van der Waals surface area contributed by atoms with E-state index >= 15 is 0 Å². The van der Waals surface area contributed by atoms with Crippen molar-refractivity contribution in [3.05, 3.63) is 68.6 Å². The zero-order chi connectivity index (χ0) is 23.5. The van der Waals surface area contributed by atoms with E-state index in [9.17, 15) is 14.4 Å². The summed E-state index contributed by atoms with van der Waals surface area (Å²) in [7, 11) is 1.41. The van der Waals surface area contributed by atoms with E-state index in [2.05, 4.69) is 29.2 Å². The fourth-order valence-electron chi connectivity index (χ4n) is 4.78. The molecule has 0 aliphatic heterocycles. The summed E-state index contributed by atoms with van der Waals surface area (Å²) >= 11 is 0. The van der Waals surface area contributed by atoms with Crippen molar-refractivity contribution in [3.8, 4) is 5.75 Å². The van der Waals surface area contributed by atoms with E-state index in [-0.39, 0.29) is 35.0 Å². The summed E-state index contributed by atoms with van der Waals surface area (Å²) < 4.78 is 11.3. The maximum absolute atomic E-state index is 13.0. The number of fused-ring (bicyclic) bond motifs is 1. The van der Waals surface area contributed by atoms with E-state index in [0.717, 1.165) is 10.1 Å². The zero-order valence-corrected chi connectivity index (χ0v) is 19.4. The van der Waals surface area contributed by atoms with Crippen LogP contribution < -0.4 is 16.1 Å². The number of carbonyl (C=O) groups is 1. The minimum atomic E-state index is -0.963. The minimum absolute atomic E-state index is 0.0164. The van der Waals surface area contributed by atoms with Crippen molar-refractivity contribution >= 4 is 16.9 Å². The average molecular weight is 451 g/mol. The number of rotatable bonds is 7. The van der Waals surface area contributed by atoms with Gasteiger partial charge in [-0.3, -0.25) is 9.59 Å². The van der Waals surface area contributed by atoms with Gasteiger partial charge in [-0.25, -0.2) is 14.3 Å². The van der Waals surface area contributed by atoms with Gasteiger partial charge in [-0.15, -0.1) is 0 Å². The molecule has 2 unspecified atom stereocenters. The maximum atomic E-state index is 13.0. The van der Waals surface area contributed by atoms with E-state index < -0.39 is 17.4 Å². The molecule has 0 radical (unpaired) electrons. The molecule has 0 bridgehead atoms. The molecule has 2 atom stereocenters. The van der Waals surface area contributed by atoms with Crippen LogP contribution in [-0.4, -0.2) is 22.4 Å². The second-order valence-electron chi connectivity index (χ2n) is 8.98. The first kappa shape index (κ1) is 23.0. The molecule has 0 saturated heterocycles. The van der Waals surface area contributed by atoms with Crippen LogP contribution in [0.1, 0.15) is 81.4 Å². The molecule has 3 aromatic rings. The number of pyridine rings is 1. The molecule has 0 spiro atoms. The number of carbonyl (C=O) groups excluding carboxylic acids is 1. The van der Waals surface area contributed by atoms with Crippen molar-refractivity contribution in [3.63, 3.8) is 0 Å². The normalized spacial score (nSPS) is 16.5. The number of benzene rings is 1. The molecule has 0 N–H and O–H groups in total. The molecular formula is C26H30N2O5. The highest BCUT2D eigenvalue weighted by molar-refractivity contribution is 5.83. The molecule has 33 heavy (non-hydrogen) atoms. The van der Waals surface area contributed by atoms with Crippen molar-refractivity contribution in [2.24, 2.45) is 0 Å². The second-order valence-corrected chi connectivity index (χ2v) is 8.98. The van der Waals surface area contributed by atoms with Crippen LogP contribution in [0.25, 0.3) is 11.1 Å². The standard InChI is InChI=1S/C26H30N2O5/c1-16(18-9-11-20(12-10-18)19-7-5-4-6-8-19)15-21(29)17(2)28-25(30)23-24(33-26(28)31)22(32-3)13-14-27-23/h9-14,16-17,19H,4-8,15H2,1-3H3. The van der Waals surface area contributed by atoms with Crippen molar-refractivity contribution in [1.29, 1.82) is 0 Å². The largest absolute Gasteiger partial charge is 0.493 e. The average Bonchev–Trinajstić information content (AvgIpc) is 2.84. The fraction of sp³-hybridized carbons (Fsp3) is 0.462. The molecule has 1 fully saturated rings. The first-order valence-electron chi connectivity index (χ1n) is 11.6. The van der Waals surface area contributed by atoms with Gasteiger partial charge in [0.1, 0.15) is 0 Å². The van der Waals surface area contributed by atoms with E-state index in [4.69, 9.17) is 9.15 Å². The lowest BCUT2D eigenvalue weighted by Gasteiger charge is -2.22. The Kier molecular flexibility index (Phi) is 6.77. The minimum Gasteiger partial charge on any atom is -0.493 e. The Hall–Kier alpha value is -3.22. The summed E-state index contributed by atoms with van der Waals surface area (Å²) in [5.41, 5.74) is 1.72. The van der Waals surface area contributed by atoms with Crippen LogP contribution in [0.2, 0.25) is 0 Å². The van der Waals surface area contributed by atoms with Gasteiger partial charge in [0.2, 0.25) is 5.58 Å². The number of nitrogens with zero attached hydrogens (tertiary/aromatic N) is 2. The van der Waals surface area contributed by atoms with E-state index in [0.29, 0.717) is 5.92 Å².